The number of rotatable bonds is 1. The van der Waals surface area contributed by atoms with Crippen molar-refractivity contribution in [3.63, 3.8) is 0 Å². The van der Waals surface area contributed by atoms with Crippen LogP contribution in [0.1, 0.15) is 46.5 Å². The summed E-state index contributed by atoms with van der Waals surface area (Å²) in [6.45, 7) is 6.12. The van der Waals surface area contributed by atoms with Crippen LogP contribution in [0.15, 0.2) is 11.3 Å². The Labute approximate surface area is 124 Å². The Bertz CT molecular complexity index is 515. The zero-order chi connectivity index (χ0) is 14.8. The smallest absolute Gasteiger partial charge is 0.236 e. The molecule has 2 bridgehead atoms. The summed E-state index contributed by atoms with van der Waals surface area (Å²) in [5, 5.41) is 0. The molecule has 21 heavy (non-hydrogen) atoms. The summed E-state index contributed by atoms with van der Waals surface area (Å²) in [4.78, 5) is 23.0. The van der Waals surface area contributed by atoms with E-state index in [9.17, 15) is 4.79 Å². The summed E-state index contributed by atoms with van der Waals surface area (Å²) in [5.41, 5.74) is 0.362. The third-order valence-electron chi connectivity index (χ3n) is 5.97. The van der Waals surface area contributed by atoms with Crippen molar-refractivity contribution in [2.24, 2.45) is 17.8 Å². The molecule has 5 rings (SSSR count). The van der Waals surface area contributed by atoms with Gasteiger partial charge in [-0.2, -0.15) is 0 Å². The zero-order valence-electron chi connectivity index (χ0n) is 12.8. The van der Waals surface area contributed by atoms with Crippen LogP contribution in [-0.2, 0) is 24.0 Å². The molecular weight excluding hydrogens is 272 g/mol. The second kappa shape index (κ2) is 4.31. The molecule has 4 aliphatic heterocycles. The van der Waals surface area contributed by atoms with Crippen molar-refractivity contribution in [2.75, 3.05) is 0 Å². The molecule has 0 radical (unpaired) electrons. The fourth-order valence-corrected chi connectivity index (χ4v) is 4.76. The van der Waals surface area contributed by atoms with Gasteiger partial charge >= 0.3 is 0 Å². The first kappa shape index (κ1) is 13.7. The number of fused-ring (bicyclic) bond motifs is 2. The molecule has 5 aliphatic rings. The average molecular weight is 294 g/mol. The van der Waals surface area contributed by atoms with Crippen LogP contribution >= 0.6 is 0 Å². The number of aldehydes is 1. The van der Waals surface area contributed by atoms with Crippen LogP contribution in [0.5, 0.6) is 0 Å². The van der Waals surface area contributed by atoms with E-state index in [0.717, 1.165) is 37.5 Å². The van der Waals surface area contributed by atoms with Gasteiger partial charge in [0.05, 0.1) is 0 Å². The lowest BCUT2D eigenvalue weighted by molar-refractivity contribution is -0.555. The van der Waals surface area contributed by atoms with Gasteiger partial charge in [-0.05, 0) is 44.6 Å². The van der Waals surface area contributed by atoms with Crippen molar-refractivity contribution in [3.8, 4) is 0 Å². The highest BCUT2D eigenvalue weighted by Crippen LogP contribution is 2.59. The molecule has 0 aromatic carbocycles. The zero-order valence-corrected chi connectivity index (χ0v) is 12.8. The molecule has 0 aromatic heterocycles. The van der Waals surface area contributed by atoms with Gasteiger partial charge in [0, 0.05) is 18.3 Å². The van der Waals surface area contributed by atoms with Crippen LogP contribution < -0.4 is 0 Å². The number of ether oxygens (including phenoxy) is 2. The molecule has 116 valence electrons. The highest BCUT2D eigenvalue weighted by molar-refractivity contribution is 5.72. The summed E-state index contributed by atoms with van der Waals surface area (Å²) < 4.78 is 12.0. The maximum absolute atomic E-state index is 11.3. The van der Waals surface area contributed by atoms with E-state index in [-0.39, 0.29) is 5.92 Å². The summed E-state index contributed by atoms with van der Waals surface area (Å²) >= 11 is 0. The van der Waals surface area contributed by atoms with E-state index in [4.69, 9.17) is 19.2 Å². The van der Waals surface area contributed by atoms with Gasteiger partial charge in [0.1, 0.15) is 0 Å². The molecule has 1 saturated carbocycles. The summed E-state index contributed by atoms with van der Waals surface area (Å²) in [6, 6.07) is 0. The molecule has 0 amide bonds. The summed E-state index contributed by atoms with van der Waals surface area (Å²) in [5.74, 6) is 0.611. The fraction of sp³-hybridized carbons (Fsp3) is 0.812. The fourth-order valence-electron chi connectivity index (χ4n) is 4.76. The lowest BCUT2D eigenvalue weighted by atomic mass is 9.59. The van der Waals surface area contributed by atoms with Crippen molar-refractivity contribution in [2.45, 2.75) is 64.1 Å². The second-order valence-corrected chi connectivity index (χ2v) is 7.14. The maximum Gasteiger partial charge on any atom is 0.236 e. The molecule has 1 spiro atoms. The molecule has 5 nitrogen and oxygen atoms in total. The molecule has 0 unspecified atom stereocenters. The topological polar surface area (TPSA) is 54.0 Å². The standard InChI is InChI=1S/C16H22O5/c1-9-4-5-12-10(2)13(8-17)18-14-16(12)11(9)6-7-15(3,19-14)20-21-16/h8-9,11-12,14H,4-7H2,1-3H3/t9-,11+,12+,14-,15-,16-/m1/s1. The minimum absolute atomic E-state index is 0.125. The average Bonchev–Trinajstić information content (AvgIpc) is 2.69. The molecule has 0 aromatic rings. The largest absolute Gasteiger partial charge is 0.458 e. The van der Waals surface area contributed by atoms with E-state index in [2.05, 4.69) is 6.92 Å². The van der Waals surface area contributed by atoms with E-state index in [1.54, 1.807) is 0 Å². The van der Waals surface area contributed by atoms with E-state index in [1.165, 1.54) is 0 Å². The van der Waals surface area contributed by atoms with Crippen LogP contribution in [0.4, 0.5) is 0 Å². The highest BCUT2D eigenvalue weighted by Gasteiger charge is 2.68. The summed E-state index contributed by atoms with van der Waals surface area (Å²) in [7, 11) is 0. The number of hydrogen-bond acceptors (Lipinski definition) is 5. The predicted molar refractivity (Wildman–Crippen MR) is 72.6 cm³/mol. The Morgan fingerprint density at radius 1 is 1.24 bits per heavy atom. The SMILES string of the molecule is CC1=C(C=O)O[C@@H]2O[C@@]3(C)CC[C@H]4[C@H](C)CC[C@@H]1[C@@]24OO3. The van der Waals surface area contributed by atoms with Gasteiger partial charge in [0.15, 0.2) is 17.6 Å². The number of allylic oxidation sites excluding steroid dienone is 1. The Hall–Kier alpha value is -0.910. The third kappa shape index (κ3) is 1.65. The Morgan fingerprint density at radius 2 is 2.05 bits per heavy atom. The van der Waals surface area contributed by atoms with E-state index >= 15 is 0 Å². The molecule has 0 N–H and O–H groups in total. The van der Waals surface area contributed by atoms with Crippen LogP contribution in [0.3, 0.4) is 0 Å². The Morgan fingerprint density at radius 3 is 2.81 bits per heavy atom. The number of carbonyl (C=O) groups is 1. The van der Waals surface area contributed by atoms with Gasteiger partial charge in [0.2, 0.25) is 12.1 Å². The van der Waals surface area contributed by atoms with Crippen molar-refractivity contribution in [1.82, 2.24) is 0 Å². The number of hydrogen-bond donors (Lipinski definition) is 0. The molecule has 6 atom stereocenters. The van der Waals surface area contributed by atoms with E-state index < -0.39 is 17.7 Å². The Kier molecular flexibility index (Phi) is 2.82. The second-order valence-electron chi connectivity index (χ2n) is 7.14. The molecule has 4 fully saturated rings. The minimum Gasteiger partial charge on any atom is -0.458 e. The predicted octanol–water partition coefficient (Wildman–Crippen LogP) is 2.71. The van der Waals surface area contributed by atoms with Crippen LogP contribution in [0, 0.1) is 17.8 Å². The molecule has 5 heteroatoms. The van der Waals surface area contributed by atoms with Gasteiger partial charge in [-0.25, -0.2) is 9.78 Å². The van der Waals surface area contributed by atoms with E-state index in [1.807, 2.05) is 13.8 Å². The monoisotopic (exact) mass is 294 g/mol. The lowest BCUT2D eigenvalue weighted by Gasteiger charge is -2.56. The van der Waals surface area contributed by atoms with Crippen LogP contribution in [0.25, 0.3) is 0 Å². The molecule has 3 saturated heterocycles. The van der Waals surface area contributed by atoms with Crippen molar-refractivity contribution >= 4 is 6.29 Å². The van der Waals surface area contributed by atoms with Gasteiger partial charge < -0.3 is 9.47 Å². The number of carbonyl (C=O) groups excluding carboxylic acids is 1. The van der Waals surface area contributed by atoms with Crippen LogP contribution in [0.2, 0.25) is 0 Å². The van der Waals surface area contributed by atoms with E-state index in [0.29, 0.717) is 17.6 Å². The highest BCUT2D eigenvalue weighted by atomic mass is 17.3. The molecule has 1 aliphatic carbocycles. The van der Waals surface area contributed by atoms with Crippen molar-refractivity contribution < 1.29 is 24.0 Å². The first-order valence-corrected chi connectivity index (χ1v) is 7.87. The van der Waals surface area contributed by atoms with Gasteiger partial charge in [0.25, 0.3) is 0 Å². The first-order chi connectivity index (χ1) is 10.00. The van der Waals surface area contributed by atoms with Crippen LogP contribution in [-0.4, -0.2) is 24.0 Å². The normalized spacial score (nSPS) is 52.0. The van der Waals surface area contributed by atoms with Crippen molar-refractivity contribution in [3.05, 3.63) is 11.3 Å². The van der Waals surface area contributed by atoms with Gasteiger partial charge in [-0.3, -0.25) is 4.79 Å². The summed E-state index contributed by atoms with van der Waals surface area (Å²) in [6.07, 6.45) is 4.13. The quantitative estimate of drug-likeness (QED) is 0.550. The molecule has 4 heterocycles. The lowest BCUT2D eigenvalue weighted by Crippen LogP contribution is -2.66. The van der Waals surface area contributed by atoms with Crippen molar-refractivity contribution in [1.29, 1.82) is 0 Å². The van der Waals surface area contributed by atoms with Gasteiger partial charge in [-0.15, -0.1) is 0 Å². The molecular formula is C16H22O5. The third-order valence-corrected chi connectivity index (χ3v) is 5.97. The maximum atomic E-state index is 11.3. The Balaban J connectivity index is 1.87. The first-order valence-electron chi connectivity index (χ1n) is 7.87. The minimum atomic E-state index is -0.781. The van der Waals surface area contributed by atoms with Gasteiger partial charge in [-0.1, -0.05) is 6.92 Å².